The molecule has 0 aromatic heterocycles. The van der Waals surface area contributed by atoms with Crippen LogP contribution < -0.4 is 0 Å². The Balaban J connectivity index is 3.93. The minimum Gasteiger partial charge on any atom is -0.306 e. The highest BCUT2D eigenvalue weighted by Gasteiger charge is 2.18. The van der Waals surface area contributed by atoms with Crippen LogP contribution in [0.15, 0.2) is 21.1 Å². The summed E-state index contributed by atoms with van der Waals surface area (Å²) in [6.07, 6.45) is 2.79. The van der Waals surface area contributed by atoms with Crippen LogP contribution in [0.1, 0.15) is 0 Å². The molecule has 0 saturated carbocycles. The van der Waals surface area contributed by atoms with Crippen LogP contribution in [0.2, 0.25) is 0 Å². The standard InChI is InChI=1S/C6H6Cl5O2PS/c7-5(8)1-3-13-14(11,12)15-4-2-6(9)10/h1-2H,3-4H2. The van der Waals surface area contributed by atoms with E-state index in [-0.39, 0.29) is 15.6 Å². The van der Waals surface area contributed by atoms with Crippen molar-refractivity contribution in [3.8, 4) is 0 Å². The predicted octanol–water partition coefficient (Wildman–Crippen LogP) is 5.72. The first-order valence-electron chi connectivity index (χ1n) is 3.44. The molecular formula is C6H6Cl5O2PS. The van der Waals surface area contributed by atoms with E-state index >= 15 is 0 Å². The number of hydrogen-bond donors (Lipinski definition) is 0. The van der Waals surface area contributed by atoms with Crippen LogP contribution in [0.25, 0.3) is 0 Å². The molecule has 0 radical (unpaired) electrons. The maximum atomic E-state index is 11.5. The highest BCUT2D eigenvalue weighted by Crippen LogP contribution is 2.64. The van der Waals surface area contributed by atoms with Crippen LogP contribution >= 0.6 is 74.9 Å². The molecule has 9 heteroatoms. The van der Waals surface area contributed by atoms with Gasteiger partial charge < -0.3 is 4.52 Å². The lowest BCUT2D eigenvalue weighted by Crippen LogP contribution is -1.83. The fourth-order valence-corrected chi connectivity index (χ4v) is 3.47. The minimum atomic E-state index is -3.24. The highest BCUT2D eigenvalue weighted by atomic mass is 35.7. The fourth-order valence-electron chi connectivity index (χ4n) is 0.416. The van der Waals surface area contributed by atoms with Crippen LogP contribution in [0.3, 0.4) is 0 Å². The van der Waals surface area contributed by atoms with E-state index < -0.39 is 5.92 Å². The quantitative estimate of drug-likeness (QED) is 0.573. The molecule has 1 atom stereocenters. The number of halogens is 5. The summed E-state index contributed by atoms with van der Waals surface area (Å²) < 4.78 is 16.4. The summed E-state index contributed by atoms with van der Waals surface area (Å²) in [6, 6.07) is 0. The average molecular weight is 350 g/mol. The van der Waals surface area contributed by atoms with Gasteiger partial charge in [-0.15, -0.1) is 0 Å². The van der Waals surface area contributed by atoms with Crippen molar-refractivity contribution < 1.29 is 9.09 Å². The number of hydrogen-bond acceptors (Lipinski definition) is 3. The molecule has 0 aliphatic carbocycles. The fraction of sp³-hybridized carbons (Fsp3) is 0.333. The Labute approximate surface area is 117 Å². The van der Waals surface area contributed by atoms with Gasteiger partial charge in [0.15, 0.2) is 0 Å². The van der Waals surface area contributed by atoms with E-state index in [1.54, 1.807) is 0 Å². The maximum absolute atomic E-state index is 11.5. The summed E-state index contributed by atoms with van der Waals surface area (Å²) in [6.45, 7) is -0.0194. The zero-order valence-corrected chi connectivity index (χ0v) is 12.6. The minimum absolute atomic E-state index is 0.0194. The molecule has 0 N–H and O–H groups in total. The maximum Gasteiger partial charge on any atom is 0.347 e. The summed E-state index contributed by atoms with van der Waals surface area (Å²) in [5.74, 6) is -2.95. The summed E-state index contributed by atoms with van der Waals surface area (Å²) in [5.41, 5.74) is 0. The van der Waals surface area contributed by atoms with Crippen molar-refractivity contribution in [2.75, 3.05) is 12.4 Å². The summed E-state index contributed by atoms with van der Waals surface area (Å²) in [5, 5.41) is 0. The first-order valence-corrected chi connectivity index (χ1v) is 9.08. The Morgan fingerprint density at radius 2 is 1.73 bits per heavy atom. The second-order valence-electron chi connectivity index (χ2n) is 2.01. The van der Waals surface area contributed by atoms with Gasteiger partial charge in [-0.3, -0.25) is 4.57 Å². The van der Waals surface area contributed by atoms with E-state index in [4.69, 9.17) is 62.2 Å². The molecule has 0 saturated heterocycles. The average Bonchev–Trinajstić information content (AvgIpc) is 2.01. The summed E-state index contributed by atoms with van der Waals surface area (Å²) in [4.78, 5) is 0. The van der Waals surface area contributed by atoms with Crippen LogP contribution in [-0.2, 0) is 9.09 Å². The highest BCUT2D eigenvalue weighted by molar-refractivity contribution is 8.63. The van der Waals surface area contributed by atoms with Crippen LogP contribution in [0.5, 0.6) is 0 Å². The molecular weight excluding hydrogens is 344 g/mol. The molecule has 0 bridgehead atoms. The lowest BCUT2D eigenvalue weighted by atomic mass is 10.7. The van der Waals surface area contributed by atoms with E-state index in [1.165, 1.54) is 12.2 Å². The molecule has 0 amide bonds. The van der Waals surface area contributed by atoms with Gasteiger partial charge in [0.1, 0.15) is 8.98 Å². The van der Waals surface area contributed by atoms with Crippen molar-refractivity contribution in [1.82, 2.24) is 0 Å². The van der Waals surface area contributed by atoms with E-state index in [9.17, 15) is 4.57 Å². The monoisotopic (exact) mass is 348 g/mol. The SMILES string of the molecule is O=P(Cl)(OCC=C(Cl)Cl)SCC=C(Cl)Cl. The van der Waals surface area contributed by atoms with Gasteiger partial charge in [0.2, 0.25) is 0 Å². The van der Waals surface area contributed by atoms with Gasteiger partial charge >= 0.3 is 5.92 Å². The second-order valence-corrected chi connectivity index (χ2v) is 9.89. The first-order chi connectivity index (χ1) is 6.83. The second kappa shape index (κ2) is 8.54. The molecule has 0 rings (SSSR count). The summed E-state index contributed by atoms with van der Waals surface area (Å²) >= 11 is 27.8. The van der Waals surface area contributed by atoms with Gasteiger partial charge in [0.05, 0.1) is 6.61 Å². The summed E-state index contributed by atoms with van der Waals surface area (Å²) in [7, 11) is 0. The van der Waals surface area contributed by atoms with E-state index in [0.29, 0.717) is 5.75 Å². The predicted molar refractivity (Wildman–Crippen MR) is 71.4 cm³/mol. The zero-order chi connectivity index (χ0) is 11.9. The van der Waals surface area contributed by atoms with Crippen molar-refractivity contribution in [1.29, 1.82) is 0 Å². The van der Waals surface area contributed by atoms with E-state index in [0.717, 1.165) is 11.4 Å². The number of rotatable bonds is 6. The third-order valence-corrected chi connectivity index (χ3v) is 5.49. The molecule has 0 aliphatic rings. The Kier molecular flexibility index (Phi) is 9.38. The zero-order valence-electron chi connectivity index (χ0n) is 7.13. The molecule has 0 aromatic carbocycles. The molecule has 0 spiro atoms. The largest absolute Gasteiger partial charge is 0.347 e. The van der Waals surface area contributed by atoms with Crippen molar-refractivity contribution in [2.45, 2.75) is 0 Å². The van der Waals surface area contributed by atoms with Gasteiger partial charge in [-0.25, -0.2) is 0 Å². The van der Waals surface area contributed by atoms with E-state index in [2.05, 4.69) is 0 Å². The Hall–Kier alpha value is 1.47. The molecule has 2 nitrogen and oxygen atoms in total. The molecule has 88 valence electrons. The molecule has 0 aliphatic heterocycles. The Morgan fingerprint density at radius 3 is 2.20 bits per heavy atom. The normalized spacial score (nSPS) is 14.2. The molecule has 0 aromatic rings. The third-order valence-electron chi connectivity index (χ3n) is 0.933. The topological polar surface area (TPSA) is 26.3 Å². The van der Waals surface area contributed by atoms with Crippen molar-refractivity contribution in [3.05, 3.63) is 21.1 Å². The van der Waals surface area contributed by atoms with E-state index in [1.807, 2.05) is 0 Å². The first kappa shape index (κ1) is 16.5. The van der Waals surface area contributed by atoms with Gasteiger partial charge in [-0.05, 0) is 34.8 Å². The Bertz CT molecular complexity index is 272. The van der Waals surface area contributed by atoms with Crippen molar-refractivity contribution >= 4 is 74.9 Å². The van der Waals surface area contributed by atoms with Crippen molar-refractivity contribution in [3.63, 3.8) is 0 Å². The van der Waals surface area contributed by atoms with Gasteiger partial charge in [-0.2, -0.15) is 0 Å². The smallest absolute Gasteiger partial charge is 0.306 e. The lowest BCUT2D eigenvalue weighted by Gasteiger charge is -2.07. The Morgan fingerprint density at radius 1 is 1.20 bits per heavy atom. The molecule has 0 heterocycles. The lowest BCUT2D eigenvalue weighted by molar-refractivity contribution is 0.378. The molecule has 15 heavy (non-hydrogen) atoms. The third kappa shape index (κ3) is 11.7. The molecule has 0 fully saturated rings. The van der Waals surface area contributed by atoms with Gasteiger partial charge in [-0.1, -0.05) is 46.4 Å². The molecule has 1 unspecified atom stereocenters. The van der Waals surface area contributed by atoms with Gasteiger partial charge in [0, 0.05) is 5.75 Å². The van der Waals surface area contributed by atoms with Crippen LogP contribution in [0.4, 0.5) is 0 Å². The van der Waals surface area contributed by atoms with Crippen molar-refractivity contribution in [2.24, 2.45) is 0 Å². The van der Waals surface area contributed by atoms with Crippen LogP contribution in [0, 0.1) is 0 Å². The van der Waals surface area contributed by atoms with Crippen LogP contribution in [-0.4, -0.2) is 12.4 Å². The van der Waals surface area contributed by atoms with Gasteiger partial charge in [0.25, 0.3) is 0 Å².